The Balaban J connectivity index is 3.02. The summed E-state index contributed by atoms with van der Waals surface area (Å²) in [5.41, 5.74) is 10.7. The zero-order valence-corrected chi connectivity index (χ0v) is 16.5. The zero-order chi connectivity index (χ0) is 17.7. The average Bonchev–Trinajstić information content (AvgIpc) is 2.56. The molecule has 142 valence electrons. The monoisotopic (exact) mass is 336 g/mol. The molecule has 0 aliphatic carbocycles. The number of hydrogen-bond donors (Lipinski definition) is 2. The van der Waals surface area contributed by atoms with Gasteiger partial charge >= 0.3 is 0 Å². The third-order valence-corrected chi connectivity index (χ3v) is 4.67. The lowest BCUT2D eigenvalue weighted by Gasteiger charge is -2.03. The van der Waals surface area contributed by atoms with Crippen LogP contribution in [0.1, 0.15) is 122 Å². The van der Waals surface area contributed by atoms with Crippen LogP contribution in [-0.2, 0) is 0 Å². The highest BCUT2D eigenvalue weighted by Gasteiger charge is 1.94. The second-order valence-corrected chi connectivity index (χ2v) is 7.25. The van der Waals surface area contributed by atoms with E-state index < -0.39 is 6.17 Å². The van der Waals surface area contributed by atoms with E-state index in [0.29, 0.717) is 0 Å². The number of rotatable bonds is 17. The largest absolute Gasteiger partial charge is 0.306 e. The van der Waals surface area contributed by atoms with E-state index in [-0.39, 0.29) is 0 Å². The van der Waals surface area contributed by atoms with Gasteiger partial charge in [-0.05, 0) is 6.42 Å². The fraction of sp³-hybridized carbons (Fsp3) is 0.909. The van der Waals surface area contributed by atoms with Crippen LogP contribution in [0.2, 0.25) is 0 Å². The first-order chi connectivity index (χ1) is 11.8. The highest BCUT2D eigenvalue weighted by Crippen LogP contribution is 2.14. The maximum absolute atomic E-state index is 5.37. The van der Waals surface area contributed by atoms with Crippen LogP contribution < -0.4 is 11.5 Å². The molecule has 0 rings (SSSR count). The Bertz CT molecular complexity index is 288. The van der Waals surface area contributed by atoms with Gasteiger partial charge < -0.3 is 11.5 Å². The molecule has 0 saturated heterocycles. The van der Waals surface area contributed by atoms with E-state index in [2.05, 4.69) is 18.8 Å². The zero-order valence-electron chi connectivity index (χ0n) is 16.5. The van der Waals surface area contributed by atoms with Crippen molar-refractivity contribution < 1.29 is 0 Å². The Hall–Kier alpha value is -0.520. The molecule has 0 bridgehead atoms. The lowest BCUT2D eigenvalue weighted by molar-refractivity contribution is 0.528. The van der Waals surface area contributed by atoms with Gasteiger partial charge in [-0.1, -0.05) is 116 Å². The third-order valence-electron chi connectivity index (χ3n) is 4.67. The summed E-state index contributed by atoms with van der Waals surface area (Å²) in [4.78, 5) is 0. The molecule has 0 amide bonds. The minimum Gasteiger partial charge on any atom is -0.306 e. The van der Waals surface area contributed by atoms with Crippen molar-refractivity contribution in [2.75, 3.05) is 0 Å². The maximum Gasteiger partial charge on any atom is 0.116 e. The Morgan fingerprint density at radius 1 is 0.542 bits per heavy atom. The molecule has 0 heterocycles. The van der Waals surface area contributed by atoms with Gasteiger partial charge in [0.05, 0.1) is 0 Å². The molecule has 0 aliphatic rings. The van der Waals surface area contributed by atoms with Crippen molar-refractivity contribution >= 4 is 0 Å². The van der Waals surface area contributed by atoms with E-state index in [9.17, 15) is 0 Å². The van der Waals surface area contributed by atoms with Crippen LogP contribution in [0.5, 0.6) is 0 Å². The minimum atomic E-state index is -0.462. The lowest BCUT2D eigenvalue weighted by atomic mass is 10.0. The molecule has 0 saturated carbocycles. The van der Waals surface area contributed by atoms with Crippen molar-refractivity contribution in [3.63, 3.8) is 0 Å². The summed E-state index contributed by atoms with van der Waals surface area (Å²) in [5, 5.41) is 0. The predicted molar refractivity (Wildman–Crippen MR) is 109 cm³/mol. The van der Waals surface area contributed by atoms with Gasteiger partial charge in [0.1, 0.15) is 6.17 Å². The SMILES string of the molecule is CCCCCCCCCCCCCCCCCCCC#CC(N)N. The van der Waals surface area contributed by atoms with E-state index in [1.54, 1.807) is 0 Å². The quantitative estimate of drug-likeness (QED) is 0.187. The third kappa shape index (κ3) is 21.5. The summed E-state index contributed by atoms with van der Waals surface area (Å²) in [6.45, 7) is 2.29. The molecule has 0 spiro atoms. The normalized spacial score (nSPS) is 10.8. The van der Waals surface area contributed by atoms with E-state index in [1.165, 1.54) is 109 Å². The van der Waals surface area contributed by atoms with Gasteiger partial charge in [0.25, 0.3) is 0 Å². The van der Waals surface area contributed by atoms with E-state index in [1.807, 2.05) is 0 Å². The van der Waals surface area contributed by atoms with E-state index >= 15 is 0 Å². The highest BCUT2D eigenvalue weighted by atomic mass is 14.8. The summed E-state index contributed by atoms with van der Waals surface area (Å²) in [6, 6.07) is 0. The molecule has 0 unspecified atom stereocenters. The van der Waals surface area contributed by atoms with Crippen LogP contribution >= 0.6 is 0 Å². The van der Waals surface area contributed by atoms with E-state index in [4.69, 9.17) is 11.5 Å². The summed E-state index contributed by atoms with van der Waals surface area (Å²) >= 11 is 0. The number of unbranched alkanes of at least 4 members (excludes halogenated alkanes) is 17. The fourth-order valence-electron chi connectivity index (χ4n) is 3.13. The van der Waals surface area contributed by atoms with Crippen molar-refractivity contribution in [1.29, 1.82) is 0 Å². The first-order valence-corrected chi connectivity index (χ1v) is 10.8. The van der Waals surface area contributed by atoms with Crippen molar-refractivity contribution in [2.45, 2.75) is 129 Å². The highest BCUT2D eigenvalue weighted by molar-refractivity contribution is 5.03. The van der Waals surface area contributed by atoms with Gasteiger partial charge in [-0.15, -0.1) is 5.92 Å². The van der Waals surface area contributed by atoms with Crippen LogP contribution in [-0.4, -0.2) is 6.17 Å². The number of nitrogens with two attached hydrogens (primary N) is 2. The van der Waals surface area contributed by atoms with Crippen molar-refractivity contribution in [2.24, 2.45) is 11.5 Å². The molecule has 0 aromatic carbocycles. The van der Waals surface area contributed by atoms with Crippen LogP contribution in [0.15, 0.2) is 0 Å². The molecule has 0 aliphatic heterocycles. The standard InChI is InChI=1S/C22H44N2/c1-2-3-4-5-6-7-8-9-10-11-12-13-14-15-16-17-18-19-20-21-22(23)24/h22H,2-19,23-24H2,1H3. The molecule has 0 atom stereocenters. The molecular weight excluding hydrogens is 292 g/mol. The van der Waals surface area contributed by atoms with E-state index in [0.717, 1.165) is 6.42 Å². The van der Waals surface area contributed by atoms with Crippen LogP contribution in [0.25, 0.3) is 0 Å². The summed E-state index contributed by atoms with van der Waals surface area (Å²) < 4.78 is 0. The second kappa shape index (κ2) is 20.5. The molecule has 0 fully saturated rings. The van der Waals surface area contributed by atoms with Crippen molar-refractivity contribution in [3.05, 3.63) is 0 Å². The fourth-order valence-corrected chi connectivity index (χ4v) is 3.13. The van der Waals surface area contributed by atoms with Gasteiger partial charge in [0.15, 0.2) is 0 Å². The summed E-state index contributed by atoms with van der Waals surface area (Å²) in [6.07, 6.45) is 24.5. The predicted octanol–water partition coefficient (Wildman–Crippen LogP) is 6.28. The van der Waals surface area contributed by atoms with Gasteiger partial charge in [0, 0.05) is 6.42 Å². The molecule has 2 nitrogen and oxygen atoms in total. The summed E-state index contributed by atoms with van der Waals surface area (Å²) in [5.74, 6) is 5.84. The Kier molecular flexibility index (Phi) is 20.1. The second-order valence-electron chi connectivity index (χ2n) is 7.25. The topological polar surface area (TPSA) is 52.0 Å². The Morgan fingerprint density at radius 3 is 1.21 bits per heavy atom. The first-order valence-electron chi connectivity index (χ1n) is 10.8. The number of hydrogen-bond acceptors (Lipinski definition) is 2. The smallest absolute Gasteiger partial charge is 0.116 e. The molecule has 4 N–H and O–H groups in total. The molecule has 24 heavy (non-hydrogen) atoms. The molecule has 0 aromatic heterocycles. The average molecular weight is 337 g/mol. The van der Waals surface area contributed by atoms with Crippen molar-refractivity contribution in [3.8, 4) is 11.8 Å². The van der Waals surface area contributed by atoms with Crippen LogP contribution in [0.3, 0.4) is 0 Å². The van der Waals surface area contributed by atoms with Gasteiger partial charge in [-0.3, -0.25) is 0 Å². The Labute approximate surface area is 152 Å². The van der Waals surface area contributed by atoms with Crippen LogP contribution in [0.4, 0.5) is 0 Å². The molecular formula is C22H44N2. The lowest BCUT2D eigenvalue weighted by Crippen LogP contribution is -2.27. The van der Waals surface area contributed by atoms with Crippen LogP contribution in [0, 0.1) is 11.8 Å². The molecule has 0 aromatic rings. The van der Waals surface area contributed by atoms with Gasteiger partial charge in [0.2, 0.25) is 0 Å². The van der Waals surface area contributed by atoms with Crippen molar-refractivity contribution in [1.82, 2.24) is 0 Å². The first kappa shape index (κ1) is 23.5. The molecule has 0 radical (unpaired) electrons. The minimum absolute atomic E-state index is 0.462. The molecule has 2 heteroatoms. The Morgan fingerprint density at radius 2 is 0.875 bits per heavy atom. The maximum atomic E-state index is 5.37. The van der Waals surface area contributed by atoms with Gasteiger partial charge in [-0.25, -0.2) is 0 Å². The summed E-state index contributed by atoms with van der Waals surface area (Å²) in [7, 11) is 0. The van der Waals surface area contributed by atoms with Gasteiger partial charge in [-0.2, -0.15) is 0 Å².